The average molecular weight is 431 g/mol. The van der Waals surface area contributed by atoms with E-state index < -0.39 is 13.0 Å². The van der Waals surface area contributed by atoms with Crippen molar-refractivity contribution < 1.29 is 13.6 Å². The maximum absolute atomic E-state index is 12.6. The van der Waals surface area contributed by atoms with Gasteiger partial charge in [-0.25, -0.2) is 8.78 Å². The van der Waals surface area contributed by atoms with Crippen molar-refractivity contribution in [3.05, 3.63) is 30.7 Å². The molecule has 0 aliphatic carbocycles. The molecule has 0 radical (unpaired) electrons. The number of rotatable bonds is 7. The second-order valence-electron chi connectivity index (χ2n) is 7.37. The molecule has 164 valence electrons. The highest BCUT2D eigenvalue weighted by Crippen LogP contribution is 2.27. The van der Waals surface area contributed by atoms with Gasteiger partial charge in [-0.3, -0.25) is 14.6 Å². The number of amides is 1. The van der Waals surface area contributed by atoms with Gasteiger partial charge in [-0.05, 0) is 25.8 Å². The Kier molecular flexibility index (Phi) is 5.78. The van der Waals surface area contributed by atoms with Crippen LogP contribution in [0.1, 0.15) is 18.5 Å². The van der Waals surface area contributed by atoms with Gasteiger partial charge in [-0.15, -0.1) is 0 Å². The summed E-state index contributed by atoms with van der Waals surface area (Å²) in [6.07, 6.45) is 3.47. The molecule has 31 heavy (non-hydrogen) atoms. The monoisotopic (exact) mass is 431 g/mol. The number of fused-ring (bicyclic) bond motifs is 1. The van der Waals surface area contributed by atoms with Crippen LogP contribution >= 0.6 is 0 Å². The van der Waals surface area contributed by atoms with Crippen molar-refractivity contribution >= 4 is 34.4 Å². The van der Waals surface area contributed by atoms with Gasteiger partial charge in [0.25, 0.3) is 6.43 Å². The normalized spacial score (nSPS) is 16.6. The number of carbonyl (C=O) groups excluding carboxylic acids is 1. The first-order valence-corrected chi connectivity index (χ1v) is 9.91. The molecule has 0 saturated carbocycles. The standard InChI is InChI=1S/C19H23F2N9O/c1-3-15(31)29-6-4-5-12(8-29)23-17-16-11(2)27-28-18(16)26-19(25-17)24-13-7-22-30(9-13)10-14(20)21/h3,7,9,12,14H,1,4-6,8,10H2,2H3,(H3,23,24,25,26,27,28). The Morgan fingerprint density at radius 2 is 2.29 bits per heavy atom. The molecule has 3 aromatic rings. The minimum absolute atomic E-state index is 0.00620. The van der Waals surface area contributed by atoms with Crippen molar-refractivity contribution in [1.82, 2.24) is 34.8 Å². The van der Waals surface area contributed by atoms with Crippen LogP contribution in [0.5, 0.6) is 0 Å². The zero-order valence-electron chi connectivity index (χ0n) is 17.0. The summed E-state index contributed by atoms with van der Waals surface area (Å²) in [4.78, 5) is 22.8. The molecule has 1 aliphatic heterocycles. The van der Waals surface area contributed by atoms with E-state index in [2.05, 4.69) is 42.5 Å². The molecule has 4 heterocycles. The molecule has 1 unspecified atom stereocenters. The molecule has 1 fully saturated rings. The van der Waals surface area contributed by atoms with E-state index in [-0.39, 0.29) is 17.9 Å². The van der Waals surface area contributed by atoms with Crippen molar-refractivity contribution in [2.45, 2.75) is 38.8 Å². The average Bonchev–Trinajstić information content (AvgIpc) is 3.33. The van der Waals surface area contributed by atoms with Gasteiger partial charge in [0.05, 0.1) is 23.0 Å². The molecule has 4 rings (SSSR count). The van der Waals surface area contributed by atoms with Crippen LogP contribution in [0.2, 0.25) is 0 Å². The Morgan fingerprint density at radius 1 is 1.45 bits per heavy atom. The van der Waals surface area contributed by atoms with Gasteiger partial charge in [0, 0.05) is 25.3 Å². The first kappa shape index (κ1) is 20.7. The number of hydrogen-bond donors (Lipinski definition) is 3. The number of halogens is 2. The summed E-state index contributed by atoms with van der Waals surface area (Å²) in [5.41, 5.74) is 1.76. The van der Waals surface area contributed by atoms with Crippen LogP contribution in [0.15, 0.2) is 25.0 Å². The van der Waals surface area contributed by atoms with Gasteiger partial charge in [0.1, 0.15) is 12.4 Å². The lowest BCUT2D eigenvalue weighted by molar-refractivity contribution is -0.127. The van der Waals surface area contributed by atoms with Crippen molar-refractivity contribution in [3.8, 4) is 0 Å². The SMILES string of the molecule is C=CC(=O)N1CCCC(Nc2nc(Nc3cnn(CC(F)F)c3)nc3[nH]nc(C)c23)C1. The van der Waals surface area contributed by atoms with E-state index in [1.165, 1.54) is 18.5 Å². The van der Waals surface area contributed by atoms with Crippen LogP contribution in [0, 0.1) is 6.92 Å². The first-order chi connectivity index (χ1) is 14.9. The number of nitrogens with one attached hydrogen (secondary N) is 3. The number of piperidine rings is 1. The number of hydrogen-bond acceptors (Lipinski definition) is 7. The largest absolute Gasteiger partial charge is 0.365 e. The van der Waals surface area contributed by atoms with Crippen LogP contribution in [-0.2, 0) is 11.3 Å². The Labute approximate surface area is 176 Å². The third-order valence-electron chi connectivity index (χ3n) is 5.06. The summed E-state index contributed by atoms with van der Waals surface area (Å²) >= 11 is 0. The van der Waals surface area contributed by atoms with E-state index in [9.17, 15) is 13.6 Å². The van der Waals surface area contributed by atoms with E-state index in [0.29, 0.717) is 30.2 Å². The zero-order valence-corrected chi connectivity index (χ0v) is 17.0. The molecular weight excluding hydrogens is 408 g/mol. The van der Waals surface area contributed by atoms with Gasteiger partial charge in [0.15, 0.2) is 5.65 Å². The van der Waals surface area contributed by atoms with Gasteiger partial charge in [0.2, 0.25) is 11.9 Å². The van der Waals surface area contributed by atoms with Crippen molar-refractivity contribution in [3.63, 3.8) is 0 Å². The highest BCUT2D eigenvalue weighted by atomic mass is 19.3. The van der Waals surface area contributed by atoms with Gasteiger partial charge >= 0.3 is 0 Å². The summed E-state index contributed by atoms with van der Waals surface area (Å²) in [7, 11) is 0. The number of anilines is 3. The predicted molar refractivity (Wildman–Crippen MR) is 111 cm³/mol. The Hall–Kier alpha value is -3.57. The molecule has 0 aromatic carbocycles. The van der Waals surface area contributed by atoms with E-state index in [1.807, 2.05) is 6.92 Å². The maximum Gasteiger partial charge on any atom is 0.257 e. The van der Waals surface area contributed by atoms with Crippen molar-refractivity contribution in [2.75, 3.05) is 23.7 Å². The minimum Gasteiger partial charge on any atom is -0.365 e. The quantitative estimate of drug-likeness (QED) is 0.492. The summed E-state index contributed by atoms with van der Waals surface area (Å²) in [5.74, 6) is 0.753. The Morgan fingerprint density at radius 3 is 3.06 bits per heavy atom. The van der Waals surface area contributed by atoms with E-state index in [0.717, 1.165) is 28.6 Å². The smallest absolute Gasteiger partial charge is 0.257 e. The molecule has 1 atom stereocenters. The fourth-order valence-electron chi connectivity index (χ4n) is 3.65. The molecule has 12 heteroatoms. The molecular formula is C19H23F2N9O. The van der Waals surface area contributed by atoms with Crippen molar-refractivity contribution in [1.29, 1.82) is 0 Å². The minimum atomic E-state index is -2.49. The summed E-state index contributed by atoms with van der Waals surface area (Å²) in [6, 6.07) is 0.00620. The number of aryl methyl sites for hydroxylation is 1. The van der Waals surface area contributed by atoms with Crippen LogP contribution in [0.4, 0.5) is 26.2 Å². The number of H-pyrrole nitrogens is 1. The van der Waals surface area contributed by atoms with Crippen LogP contribution < -0.4 is 10.6 Å². The maximum atomic E-state index is 12.6. The van der Waals surface area contributed by atoms with Crippen LogP contribution in [0.3, 0.4) is 0 Å². The topological polar surface area (TPSA) is 117 Å². The lowest BCUT2D eigenvalue weighted by Gasteiger charge is -2.33. The molecule has 3 N–H and O–H groups in total. The highest BCUT2D eigenvalue weighted by molar-refractivity contribution is 5.90. The van der Waals surface area contributed by atoms with Gasteiger partial charge < -0.3 is 15.5 Å². The van der Waals surface area contributed by atoms with Crippen LogP contribution in [0.25, 0.3) is 11.0 Å². The van der Waals surface area contributed by atoms with Crippen molar-refractivity contribution in [2.24, 2.45) is 0 Å². The van der Waals surface area contributed by atoms with E-state index in [4.69, 9.17) is 0 Å². The molecule has 10 nitrogen and oxygen atoms in total. The van der Waals surface area contributed by atoms with Crippen LogP contribution in [-0.4, -0.2) is 66.3 Å². The first-order valence-electron chi connectivity index (χ1n) is 9.91. The summed E-state index contributed by atoms with van der Waals surface area (Å²) in [6.45, 7) is 6.15. The summed E-state index contributed by atoms with van der Waals surface area (Å²) < 4.78 is 26.3. The van der Waals surface area contributed by atoms with E-state index in [1.54, 1.807) is 4.90 Å². The number of aromatic nitrogens is 6. The summed E-state index contributed by atoms with van der Waals surface area (Å²) in [5, 5.41) is 18.2. The molecule has 1 amide bonds. The molecule has 0 bridgehead atoms. The lowest BCUT2D eigenvalue weighted by Crippen LogP contribution is -2.44. The zero-order chi connectivity index (χ0) is 22.0. The van der Waals surface area contributed by atoms with Gasteiger partial charge in [-0.2, -0.15) is 20.2 Å². The molecule has 1 saturated heterocycles. The lowest BCUT2D eigenvalue weighted by atomic mass is 10.1. The number of carbonyl (C=O) groups is 1. The second kappa shape index (κ2) is 8.66. The number of nitrogens with zero attached hydrogens (tertiary/aromatic N) is 6. The number of alkyl halides is 2. The fourth-order valence-corrected chi connectivity index (χ4v) is 3.65. The fraction of sp³-hybridized carbons (Fsp3) is 0.421. The molecule has 1 aliphatic rings. The molecule has 0 spiro atoms. The van der Waals surface area contributed by atoms with E-state index >= 15 is 0 Å². The Bertz CT molecular complexity index is 1090. The third kappa shape index (κ3) is 4.62. The number of aromatic amines is 1. The second-order valence-corrected chi connectivity index (χ2v) is 7.37. The molecule has 3 aromatic heterocycles. The number of likely N-dealkylation sites (tertiary alicyclic amines) is 1. The third-order valence-corrected chi connectivity index (χ3v) is 5.06. The predicted octanol–water partition coefficient (Wildman–Crippen LogP) is 2.46. The Balaban J connectivity index is 1.57. The highest BCUT2D eigenvalue weighted by Gasteiger charge is 2.24. The van der Waals surface area contributed by atoms with Gasteiger partial charge in [-0.1, -0.05) is 6.58 Å².